The van der Waals surface area contributed by atoms with E-state index < -0.39 is 31.2 Å². The Balaban J connectivity index is 2.23. The lowest BCUT2D eigenvalue weighted by atomic mass is 10.1. The van der Waals surface area contributed by atoms with E-state index >= 15 is 0 Å². The molecular weight excluding hydrogens is 559 g/mol. The number of carbonyl (C=O) groups is 3. The maximum absolute atomic E-state index is 12.5. The van der Waals surface area contributed by atoms with Gasteiger partial charge in [-0.25, -0.2) is 0 Å². The summed E-state index contributed by atoms with van der Waals surface area (Å²) >= 11 is 1.34. The van der Waals surface area contributed by atoms with Crippen LogP contribution < -0.4 is 11.1 Å². The second kappa shape index (κ2) is 20.7. The number of unbranched alkanes of at least 4 members (excludes halogenated alkanes) is 8. The lowest BCUT2D eigenvalue weighted by Crippen LogP contribution is -2.49. The lowest BCUT2D eigenvalue weighted by molar-refractivity contribution is -0.156. The molecule has 1 saturated carbocycles. The van der Waals surface area contributed by atoms with Gasteiger partial charge in [-0.2, -0.15) is 11.8 Å². The van der Waals surface area contributed by atoms with E-state index in [4.69, 9.17) is 29.7 Å². The van der Waals surface area contributed by atoms with Crippen molar-refractivity contribution >= 4 is 37.2 Å². The fourth-order valence-corrected chi connectivity index (χ4v) is 5.55. The van der Waals surface area contributed by atoms with Crippen LogP contribution in [-0.4, -0.2) is 82.8 Å². The van der Waals surface area contributed by atoms with Gasteiger partial charge in [0, 0.05) is 31.5 Å². The Morgan fingerprint density at radius 1 is 1.00 bits per heavy atom. The van der Waals surface area contributed by atoms with Gasteiger partial charge >= 0.3 is 19.5 Å². The van der Waals surface area contributed by atoms with Crippen LogP contribution in [0.3, 0.4) is 0 Å². The van der Waals surface area contributed by atoms with E-state index in [1.54, 1.807) is 0 Å². The highest BCUT2D eigenvalue weighted by molar-refractivity contribution is 7.99. The van der Waals surface area contributed by atoms with Gasteiger partial charge in [0.25, 0.3) is 0 Å². The molecule has 1 aliphatic carbocycles. The molecule has 1 fully saturated rings. The van der Waals surface area contributed by atoms with Crippen LogP contribution in [0.4, 0.5) is 0 Å². The first-order valence-electron chi connectivity index (χ1n) is 14.6. The smallest absolute Gasteiger partial charge is 0.325 e. The van der Waals surface area contributed by atoms with Crippen molar-refractivity contribution in [1.29, 1.82) is 0 Å². The Bertz CT molecular complexity index is 792. The number of nitrogens with one attached hydrogen (secondary N) is 1. The Morgan fingerprint density at radius 3 is 2.20 bits per heavy atom. The number of carbonyl (C=O) groups excluding carboxylic acids is 3. The third kappa shape index (κ3) is 19.8. The molecule has 2 atom stereocenters. The van der Waals surface area contributed by atoms with Gasteiger partial charge in [-0.3, -0.25) is 18.9 Å². The number of thioether (sulfide) groups is 1. The van der Waals surface area contributed by atoms with Crippen molar-refractivity contribution in [3.05, 3.63) is 0 Å². The molecule has 1 rings (SSSR count). The normalized spacial score (nSPS) is 15.7. The summed E-state index contributed by atoms with van der Waals surface area (Å²) in [4.78, 5) is 53.9. The van der Waals surface area contributed by atoms with Crippen LogP contribution in [0.2, 0.25) is 0 Å². The molecule has 234 valence electrons. The molecule has 0 radical (unpaired) electrons. The van der Waals surface area contributed by atoms with Gasteiger partial charge in [0.2, 0.25) is 5.91 Å². The highest BCUT2D eigenvalue weighted by atomic mass is 32.2. The van der Waals surface area contributed by atoms with Gasteiger partial charge in [-0.1, -0.05) is 58.3 Å². The predicted octanol–water partition coefficient (Wildman–Crippen LogP) is 3.68. The number of ether oxygens (including phenoxy) is 3. The Hall–Kier alpha value is -1.17. The summed E-state index contributed by atoms with van der Waals surface area (Å²) in [7, 11) is -4.04. The van der Waals surface area contributed by atoms with Crippen LogP contribution in [-0.2, 0) is 33.2 Å². The van der Waals surface area contributed by atoms with Crippen LogP contribution in [0, 0.1) is 0 Å². The van der Waals surface area contributed by atoms with Crippen molar-refractivity contribution < 1.29 is 42.9 Å². The number of esters is 2. The molecule has 0 aromatic rings. The van der Waals surface area contributed by atoms with E-state index in [9.17, 15) is 18.9 Å². The fourth-order valence-electron chi connectivity index (χ4n) is 4.04. The van der Waals surface area contributed by atoms with Gasteiger partial charge in [-0.15, -0.1) is 0 Å². The maximum Gasteiger partial charge on any atom is 0.325 e. The molecule has 1 aliphatic rings. The Kier molecular flexibility index (Phi) is 19.0. The largest absolute Gasteiger partial charge is 0.462 e. The zero-order valence-electron chi connectivity index (χ0n) is 24.3. The second-order valence-electron chi connectivity index (χ2n) is 10.7. The van der Waals surface area contributed by atoms with Crippen LogP contribution >= 0.6 is 19.4 Å². The molecule has 0 bridgehead atoms. The lowest BCUT2D eigenvalue weighted by Gasteiger charge is -2.21. The first kappa shape index (κ1) is 36.9. The van der Waals surface area contributed by atoms with Crippen molar-refractivity contribution in [3.8, 4) is 0 Å². The molecule has 1 amide bonds. The molecule has 11 nitrogen and oxygen atoms in total. The summed E-state index contributed by atoms with van der Waals surface area (Å²) in [5.41, 5.74) is 5.57. The summed E-state index contributed by atoms with van der Waals surface area (Å²) in [5.74, 6) is -0.478. The highest BCUT2D eigenvalue weighted by Crippen LogP contribution is 2.37. The summed E-state index contributed by atoms with van der Waals surface area (Å²) in [6.07, 6.45) is 11.7. The van der Waals surface area contributed by atoms with Gasteiger partial charge in [0.15, 0.2) is 0 Å². The van der Waals surface area contributed by atoms with Crippen LogP contribution in [0.15, 0.2) is 0 Å². The van der Waals surface area contributed by atoms with Gasteiger partial charge < -0.3 is 35.0 Å². The van der Waals surface area contributed by atoms with Crippen molar-refractivity contribution in [3.63, 3.8) is 0 Å². The van der Waals surface area contributed by atoms with Gasteiger partial charge in [-0.05, 0) is 25.7 Å². The zero-order chi connectivity index (χ0) is 29.9. The zero-order valence-corrected chi connectivity index (χ0v) is 26.0. The van der Waals surface area contributed by atoms with Crippen molar-refractivity contribution in [2.24, 2.45) is 5.73 Å². The van der Waals surface area contributed by atoms with E-state index in [1.807, 2.05) is 0 Å². The van der Waals surface area contributed by atoms with Crippen LogP contribution in [0.25, 0.3) is 0 Å². The standard InChI is InChI=1S/C27H51N2O9PS/c1-3-4-5-6-7-8-9-10-11-13-25(31)37-18-23(38-22(2)30)19-40-20-24(28)26(32)29-27(14-15-27)21-36-16-12-17-39(33,34)35/h23-24H,3-21,28H2,1-2H3,(H,29,32)(H2,33,34,35)/t23-,24+/m1/s1. The van der Waals surface area contributed by atoms with Gasteiger partial charge in [0.1, 0.15) is 12.7 Å². The first-order chi connectivity index (χ1) is 19.0. The van der Waals surface area contributed by atoms with Crippen molar-refractivity contribution in [2.75, 3.05) is 37.5 Å². The van der Waals surface area contributed by atoms with Crippen LogP contribution in [0.5, 0.6) is 0 Å². The Labute approximate surface area is 243 Å². The SMILES string of the molecule is CCCCCCCCCCCC(=O)OC[C@H](CSC[C@H](N)C(=O)NC1(COCCCP(=O)(O)O)CC1)OC(C)=O. The van der Waals surface area contributed by atoms with Crippen molar-refractivity contribution in [2.45, 2.75) is 115 Å². The average Bonchev–Trinajstić information content (AvgIpc) is 3.63. The minimum Gasteiger partial charge on any atom is -0.462 e. The second-order valence-corrected chi connectivity index (χ2v) is 13.6. The maximum atomic E-state index is 12.5. The fraction of sp³-hybridized carbons (Fsp3) is 0.889. The molecule has 0 saturated heterocycles. The number of hydrogen-bond acceptors (Lipinski definition) is 9. The highest BCUT2D eigenvalue weighted by Gasteiger charge is 2.45. The minimum atomic E-state index is -4.04. The molecule has 40 heavy (non-hydrogen) atoms. The molecule has 0 aromatic carbocycles. The van der Waals surface area contributed by atoms with Gasteiger partial charge in [0.05, 0.1) is 24.3 Å². The third-order valence-corrected chi connectivity index (χ3v) is 8.64. The molecule has 0 spiro atoms. The Morgan fingerprint density at radius 2 is 1.62 bits per heavy atom. The minimum absolute atomic E-state index is 0.0350. The third-order valence-electron chi connectivity index (χ3n) is 6.54. The number of rotatable bonds is 25. The molecule has 0 aromatic heterocycles. The first-order valence-corrected chi connectivity index (χ1v) is 17.5. The van der Waals surface area contributed by atoms with E-state index in [1.165, 1.54) is 57.2 Å². The molecule has 0 unspecified atom stereocenters. The topological polar surface area (TPSA) is 174 Å². The molecular formula is C27H51N2O9PS. The van der Waals surface area contributed by atoms with E-state index in [2.05, 4.69) is 12.2 Å². The van der Waals surface area contributed by atoms with Crippen LogP contribution in [0.1, 0.15) is 97.3 Å². The quantitative estimate of drug-likeness (QED) is 0.0674. The van der Waals surface area contributed by atoms with Crippen molar-refractivity contribution in [1.82, 2.24) is 5.32 Å². The summed E-state index contributed by atoms with van der Waals surface area (Å²) < 4.78 is 27.0. The monoisotopic (exact) mass is 610 g/mol. The molecule has 0 heterocycles. The number of hydrogen-bond donors (Lipinski definition) is 4. The summed E-state index contributed by atoms with van der Waals surface area (Å²) in [6.45, 7) is 3.93. The molecule has 0 aliphatic heterocycles. The summed E-state index contributed by atoms with van der Waals surface area (Å²) in [5, 5.41) is 2.92. The predicted molar refractivity (Wildman–Crippen MR) is 156 cm³/mol. The average molecular weight is 611 g/mol. The van der Waals surface area contributed by atoms with E-state index in [0.29, 0.717) is 12.2 Å². The summed E-state index contributed by atoms with van der Waals surface area (Å²) in [6, 6.07) is -0.788. The number of amides is 1. The molecule has 5 N–H and O–H groups in total. The molecule has 13 heteroatoms. The van der Waals surface area contributed by atoms with E-state index in [-0.39, 0.29) is 50.0 Å². The van der Waals surface area contributed by atoms with E-state index in [0.717, 1.165) is 32.1 Å². The number of nitrogens with two attached hydrogens (primary N) is 1.